The van der Waals surface area contributed by atoms with Crippen LogP contribution in [0, 0.1) is 0 Å². The van der Waals surface area contributed by atoms with E-state index in [1.165, 1.54) is 0 Å². The van der Waals surface area contributed by atoms with Gasteiger partial charge in [0.2, 0.25) is 5.88 Å². The molecule has 94 valence electrons. The van der Waals surface area contributed by atoms with Crippen LogP contribution in [0.2, 0.25) is 0 Å². The van der Waals surface area contributed by atoms with E-state index in [4.69, 9.17) is 4.74 Å². The van der Waals surface area contributed by atoms with Gasteiger partial charge in [0.25, 0.3) is 0 Å². The average Bonchev–Trinajstić information content (AvgIpc) is 2.48. The maximum atomic E-state index is 12.4. The molecule has 0 radical (unpaired) electrons. The predicted octanol–water partition coefficient (Wildman–Crippen LogP) is 2.77. The van der Waals surface area contributed by atoms with Crippen molar-refractivity contribution in [1.82, 2.24) is 4.98 Å². The van der Waals surface area contributed by atoms with E-state index in [2.05, 4.69) is 9.98 Å². The standard InChI is InChI=1S/C15H12N2O2/c1-19-14-7-6-10(8-17-14)12-9-16-13-5-3-2-4-11(13)15(12)18/h2-9,12H,1H3. The van der Waals surface area contributed by atoms with Crippen LogP contribution in [-0.4, -0.2) is 24.1 Å². The Hall–Kier alpha value is -2.49. The zero-order valence-corrected chi connectivity index (χ0v) is 10.4. The molecule has 2 aromatic rings. The van der Waals surface area contributed by atoms with E-state index in [1.807, 2.05) is 24.3 Å². The van der Waals surface area contributed by atoms with Gasteiger partial charge in [0.05, 0.1) is 18.7 Å². The van der Waals surface area contributed by atoms with Gasteiger partial charge in [-0.25, -0.2) is 4.98 Å². The molecule has 3 rings (SSSR count). The molecular weight excluding hydrogens is 240 g/mol. The summed E-state index contributed by atoms with van der Waals surface area (Å²) < 4.78 is 5.01. The summed E-state index contributed by atoms with van der Waals surface area (Å²) >= 11 is 0. The van der Waals surface area contributed by atoms with Crippen molar-refractivity contribution in [3.63, 3.8) is 0 Å². The first-order valence-electron chi connectivity index (χ1n) is 5.97. The maximum Gasteiger partial charge on any atom is 0.212 e. The summed E-state index contributed by atoms with van der Waals surface area (Å²) in [5, 5.41) is 0. The third kappa shape index (κ3) is 2.01. The Morgan fingerprint density at radius 1 is 1.16 bits per heavy atom. The molecule has 1 aromatic heterocycles. The molecule has 19 heavy (non-hydrogen) atoms. The Labute approximate surface area is 110 Å². The van der Waals surface area contributed by atoms with Crippen molar-refractivity contribution in [2.24, 2.45) is 4.99 Å². The highest BCUT2D eigenvalue weighted by Crippen LogP contribution is 2.30. The first-order chi connectivity index (χ1) is 9.29. The number of nitrogens with zero attached hydrogens (tertiary/aromatic N) is 2. The molecule has 0 bridgehead atoms. The lowest BCUT2D eigenvalue weighted by molar-refractivity contribution is 0.0983. The van der Waals surface area contributed by atoms with Crippen molar-refractivity contribution in [3.05, 3.63) is 53.7 Å². The minimum absolute atomic E-state index is 0.0533. The first-order valence-corrected chi connectivity index (χ1v) is 5.97. The van der Waals surface area contributed by atoms with Gasteiger partial charge in [0.1, 0.15) is 0 Å². The zero-order valence-electron chi connectivity index (χ0n) is 10.4. The number of hydrogen-bond acceptors (Lipinski definition) is 4. The SMILES string of the molecule is COc1ccc(C2C=Nc3ccccc3C2=O)cn1. The summed E-state index contributed by atoms with van der Waals surface area (Å²) in [6.45, 7) is 0. The van der Waals surface area contributed by atoms with Crippen molar-refractivity contribution in [2.45, 2.75) is 5.92 Å². The van der Waals surface area contributed by atoms with Gasteiger partial charge < -0.3 is 4.74 Å². The van der Waals surface area contributed by atoms with E-state index in [0.717, 1.165) is 11.3 Å². The van der Waals surface area contributed by atoms with Gasteiger partial charge in [-0.2, -0.15) is 0 Å². The second-order valence-electron chi connectivity index (χ2n) is 4.27. The van der Waals surface area contributed by atoms with Crippen LogP contribution < -0.4 is 4.74 Å². The summed E-state index contributed by atoms with van der Waals surface area (Å²) in [6, 6.07) is 11.0. The Bertz CT molecular complexity index is 647. The Morgan fingerprint density at radius 3 is 2.74 bits per heavy atom. The molecule has 1 unspecified atom stereocenters. The molecule has 4 nitrogen and oxygen atoms in total. The van der Waals surface area contributed by atoms with E-state index in [9.17, 15) is 4.79 Å². The number of ketones is 1. The van der Waals surface area contributed by atoms with E-state index >= 15 is 0 Å². The number of rotatable bonds is 2. The molecular formula is C15H12N2O2. The van der Waals surface area contributed by atoms with Gasteiger partial charge in [-0.3, -0.25) is 9.79 Å². The smallest absolute Gasteiger partial charge is 0.212 e. The topological polar surface area (TPSA) is 51.5 Å². The van der Waals surface area contributed by atoms with Crippen LogP contribution in [0.5, 0.6) is 5.88 Å². The lowest BCUT2D eigenvalue weighted by atomic mass is 9.90. The summed E-state index contributed by atoms with van der Waals surface area (Å²) in [4.78, 5) is 20.9. The van der Waals surface area contributed by atoms with Crippen LogP contribution in [0.3, 0.4) is 0 Å². The lowest BCUT2D eigenvalue weighted by Gasteiger charge is -2.17. The molecule has 0 spiro atoms. The Morgan fingerprint density at radius 2 is 2.00 bits per heavy atom. The second-order valence-corrected chi connectivity index (χ2v) is 4.27. The summed E-state index contributed by atoms with van der Waals surface area (Å²) in [5.41, 5.74) is 2.21. The zero-order chi connectivity index (χ0) is 13.2. The third-order valence-electron chi connectivity index (χ3n) is 3.14. The first kappa shape index (κ1) is 11.6. The second kappa shape index (κ2) is 4.65. The predicted molar refractivity (Wildman–Crippen MR) is 72.5 cm³/mol. The van der Waals surface area contributed by atoms with E-state index < -0.39 is 0 Å². The van der Waals surface area contributed by atoms with E-state index in [-0.39, 0.29) is 11.7 Å². The van der Waals surface area contributed by atoms with Crippen molar-refractivity contribution < 1.29 is 9.53 Å². The number of Topliss-reactive ketones (excluding diaryl/α,β-unsaturated/α-hetero) is 1. The number of aromatic nitrogens is 1. The molecule has 0 N–H and O–H groups in total. The van der Waals surface area contributed by atoms with Crippen LogP contribution in [0.4, 0.5) is 5.69 Å². The van der Waals surface area contributed by atoms with Crippen molar-refractivity contribution >= 4 is 17.7 Å². The molecule has 1 atom stereocenters. The average molecular weight is 252 g/mol. The highest BCUT2D eigenvalue weighted by Gasteiger charge is 2.26. The normalized spacial score (nSPS) is 17.1. The highest BCUT2D eigenvalue weighted by molar-refractivity contribution is 6.15. The number of methoxy groups -OCH3 is 1. The number of hydrogen-bond donors (Lipinski definition) is 0. The van der Waals surface area contributed by atoms with Crippen molar-refractivity contribution in [1.29, 1.82) is 0 Å². The van der Waals surface area contributed by atoms with Crippen molar-refractivity contribution in [3.8, 4) is 5.88 Å². The van der Waals surface area contributed by atoms with Crippen molar-refractivity contribution in [2.75, 3.05) is 7.11 Å². The fraction of sp³-hybridized carbons (Fsp3) is 0.133. The van der Waals surface area contributed by atoms with Crippen LogP contribution in [0.15, 0.2) is 47.6 Å². The fourth-order valence-electron chi connectivity index (χ4n) is 2.12. The minimum Gasteiger partial charge on any atom is -0.481 e. The minimum atomic E-state index is -0.367. The van der Waals surface area contributed by atoms with Gasteiger partial charge in [-0.1, -0.05) is 18.2 Å². The molecule has 1 aliphatic rings. The highest BCUT2D eigenvalue weighted by atomic mass is 16.5. The van der Waals surface area contributed by atoms with Crippen LogP contribution in [0.25, 0.3) is 0 Å². The Balaban J connectivity index is 1.97. The molecule has 0 amide bonds. The van der Waals surface area contributed by atoms with Gasteiger partial charge in [-0.05, 0) is 17.7 Å². The summed E-state index contributed by atoms with van der Waals surface area (Å²) in [5.74, 6) is 0.218. The van der Waals surface area contributed by atoms with Crippen LogP contribution in [-0.2, 0) is 0 Å². The molecule has 1 aliphatic heterocycles. The number of aliphatic imine (C=N–C) groups is 1. The molecule has 1 aromatic carbocycles. The fourth-order valence-corrected chi connectivity index (χ4v) is 2.12. The molecule has 0 saturated carbocycles. The molecule has 0 saturated heterocycles. The number of ether oxygens (including phenoxy) is 1. The monoisotopic (exact) mass is 252 g/mol. The van der Waals surface area contributed by atoms with E-state index in [1.54, 1.807) is 31.7 Å². The van der Waals surface area contributed by atoms with Gasteiger partial charge >= 0.3 is 0 Å². The number of benzene rings is 1. The van der Waals surface area contributed by atoms with Gasteiger partial charge in [0.15, 0.2) is 5.78 Å². The summed E-state index contributed by atoms with van der Waals surface area (Å²) in [7, 11) is 1.56. The Kier molecular flexibility index (Phi) is 2.83. The number of fused-ring (bicyclic) bond motifs is 1. The number of carbonyl (C=O) groups is 1. The third-order valence-corrected chi connectivity index (χ3v) is 3.14. The molecule has 0 aliphatic carbocycles. The number of para-hydroxylation sites is 1. The van der Waals surface area contributed by atoms with Crippen LogP contribution >= 0.6 is 0 Å². The van der Waals surface area contributed by atoms with Gasteiger partial charge in [0, 0.05) is 24.0 Å². The largest absolute Gasteiger partial charge is 0.481 e. The van der Waals surface area contributed by atoms with E-state index in [0.29, 0.717) is 11.4 Å². The summed E-state index contributed by atoms with van der Waals surface area (Å²) in [6.07, 6.45) is 3.33. The molecule has 4 heteroatoms. The van der Waals surface area contributed by atoms with Gasteiger partial charge in [-0.15, -0.1) is 0 Å². The number of pyridine rings is 1. The molecule has 2 heterocycles. The molecule has 0 fully saturated rings. The van der Waals surface area contributed by atoms with Crippen LogP contribution in [0.1, 0.15) is 21.8 Å². The maximum absolute atomic E-state index is 12.4. The quantitative estimate of drug-likeness (QED) is 0.825. The number of carbonyl (C=O) groups excluding carboxylic acids is 1. The lowest BCUT2D eigenvalue weighted by Crippen LogP contribution is -2.17.